The third-order valence-corrected chi connectivity index (χ3v) is 3.39. The van der Waals surface area contributed by atoms with E-state index < -0.39 is 10.5 Å². The lowest BCUT2D eigenvalue weighted by Gasteiger charge is -2.34. The van der Waals surface area contributed by atoms with Gasteiger partial charge in [-0.2, -0.15) is 0 Å². The van der Waals surface area contributed by atoms with Gasteiger partial charge < -0.3 is 25.1 Å². The van der Waals surface area contributed by atoms with Crippen molar-refractivity contribution < 1.29 is 14.5 Å². The van der Waals surface area contributed by atoms with Crippen molar-refractivity contribution in [3.05, 3.63) is 28.4 Å². The van der Waals surface area contributed by atoms with Crippen molar-refractivity contribution >= 4 is 17.6 Å². The molecule has 0 aliphatic carbocycles. The van der Waals surface area contributed by atoms with Crippen LogP contribution in [0, 0.1) is 10.1 Å². The second kappa shape index (κ2) is 6.80. The Bertz CT molecular complexity index is 585. The summed E-state index contributed by atoms with van der Waals surface area (Å²) >= 11 is 0. The number of ether oxygens (including phenoxy) is 1. The van der Waals surface area contributed by atoms with Gasteiger partial charge in [0.2, 0.25) is 0 Å². The van der Waals surface area contributed by atoms with Crippen molar-refractivity contribution in [2.24, 2.45) is 0 Å². The molecule has 2 rings (SSSR count). The molecule has 1 fully saturated rings. The molecule has 1 unspecified atom stereocenters. The van der Waals surface area contributed by atoms with Crippen molar-refractivity contribution in [3.63, 3.8) is 0 Å². The number of nitrogens with one attached hydrogen (secondary N) is 1. The molecule has 126 valence electrons. The Morgan fingerprint density at radius 2 is 2.26 bits per heavy atom. The zero-order valence-corrected chi connectivity index (χ0v) is 13.6. The molecule has 2 heterocycles. The normalized spacial score (nSPS) is 18.4. The molecule has 23 heavy (non-hydrogen) atoms. The van der Waals surface area contributed by atoms with Crippen LogP contribution in [-0.2, 0) is 4.74 Å². The van der Waals surface area contributed by atoms with Crippen molar-refractivity contribution in [3.8, 4) is 0 Å². The molecule has 1 saturated heterocycles. The summed E-state index contributed by atoms with van der Waals surface area (Å²) in [6, 6.07) is 3.20. The van der Waals surface area contributed by atoms with Gasteiger partial charge in [-0.15, -0.1) is 0 Å². The number of nitro groups is 1. The van der Waals surface area contributed by atoms with E-state index in [1.54, 1.807) is 17.0 Å². The molecule has 0 aromatic carbocycles. The average molecular weight is 322 g/mol. The van der Waals surface area contributed by atoms with Crippen molar-refractivity contribution in [1.82, 2.24) is 9.88 Å². The maximum atomic E-state index is 12.1. The summed E-state index contributed by atoms with van der Waals surface area (Å²) in [5.41, 5.74) is -0.173. The number of hydrogen-bond donors (Lipinski definition) is 1. The molecule has 0 saturated carbocycles. The second-order valence-electron chi connectivity index (χ2n) is 6.54. The minimum atomic E-state index is -0.542. The number of carbonyl (C=O) groups is 1. The molecule has 1 aliphatic heterocycles. The minimum absolute atomic E-state index is 0.0702. The molecular formula is C15H22N4O4. The highest BCUT2D eigenvalue weighted by Gasteiger charge is 2.28. The Balaban J connectivity index is 2.02. The predicted molar refractivity (Wildman–Crippen MR) is 85.3 cm³/mol. The standard InChI is InChI=1S/C15H22N4O4/c1-15(2,3)23-14(20)18-9-5-6-11(10-18)17-12-7-4-8-16-13(12)19(21)22/h4,7-8,11,17H,5-6,9-10H2,1-3H3. The third-order valence-electron chi connectivity index (χ3n) is 3.39. The van der Waals surface area contributed by atoms with Crippen molar-refractivity contribution in [2.75, 3.05) is 18.4 Å². The topological polar surface area (TPSA) is 97.6 Å². The molecule has 1 aliphatic rings. The van der Waals surface area contributed by atoms with Gasteiger partial charge in [0.25, 0.3) is 0 Å². The Kier molecular flexibility index (Phi) is 5.02. The van der Waals surface area contributed by atoms with Gasteiger partial charge in [0.1, 0.15) is 17.5 Å². The van der Waals surface area contributed by atoms with Crippen molar-refractivity contribution in [2.45, 2.75) is 45.3 Å². The van der Waals surface area contributed by atoms with Crippen LogP contribution in [-0.4, -0.2) is 45.6 Å². The van der Waals surface area contributed by atoms with Crippen LogP contribution in [0.25, 0.3) is 0 Å². The molecule has 0 bridgehead atoms. The van der Waals surface area contributed by atoms with Gasteiger partial charge >= 0.3 is 11.9 Å². The number of nitrogens with zero attached hydrogens (tertiary/aromatic N) is 3. The van der Waals surface area contributed by atoms with E-state index >= 15 is 0 Å². The molecule has 0 spiro atoms. The van der Waals surface area contributed by atoms with E-state index in [1.165, 1.54) is 6.20 Å². The number of aromatic nitrogens is 1. The molecule has 1 amide bonds. The van der Waals surface area contributed by atoms with Crippen LogP contribution in [0.15, 0.2) is 18.3 Å². The molecule has 1 aromatic rings. The molecule has 0 radical (unpaired) electrons. The van der Waals surface area contributed by atoms with E-state index in [0.717, 1.165) is 12.8 Å². The summed E-state index contributed by atoms with van der Waals surface area (Å²) in [5.74, 6) is -0.207. The van der Waals surface area contributed by atoms with E-state index in [9.17, 15) is 14.9 Å². The van der Waals surface area contributed by atoms with E-state index in [4.69, 9.17) is 4.74 Å². The third kappa shape index (κ3) is 4.80. The number of likely N-dealkylation sites (tertiary alicyclic amines) is 1. The number of piperidine rings is 1. The second-order valence-corrected chi connectivity index (χ2v) is 6.54. The first kappa shape index (κ1) is 17.0. The number of amides is 1. The Hall–Kier alpha value is -2.38. The van der Waals surface area contributed by atoms with E-state index in [0.29, 0.717) is 18.8 Å². The molecule has 1 N–H and O–H groups in total. The Labute approximate surface area is 135 Å². The number of rotatable bonds is 3. The first-order valence-corrected chi connectivity index (χ1v) is 7.60. The largest absolute Gasteiger partial charge is 0.444 e. The number of anilines is 1. The SMILES string of the molecule is CC(C)(C)OC(=O)N1CCCC(Nc2cccnc2[N+](=O)[O-])C1. The highest BCUT2D eigenvalue weighted by atomic mass is 16.6. The van der Waals surface area contributed by atoms with Crippen LogP contribution in [0.1, 0.15) is 33.6 Å². The number of pyridine rings is 1. The fourth-order valence-corrected chi connectivity index (χ4v) is 2.46. The van der Waals surface area contributed by atoms with Crippen molar-refractivity contribution in [1.29, 1.82) is 0 Å². The monoisotopic (exact) mass is 322 g/mol. The number of carbonyl (C=O) groups excluding carboxylic acids is 1. The summed E-state index contributed by atoms with van der Waals surface area (Å²) in [6.45, 7) is 6.54. The summed E-state index contributed by atoms with van der Waals surface area (Å²) in [5, 5.41) is 14.1. The van der Waals surface area contributed by atoms with Crippen LogP contribution in [0.5, 0.6) is 0 Å². The van der Waals surface area contributed by atoms with E-state index in [2.05, 4.69) is 10.3 Å². The van der Waals surface area contributed by atoms with Gasteiger partial charge in [0, 0.05) is 19.1 Å². The Morgan fingerprint density at radius 1 is 1.52 bits per heavy atom. The maximum Gasteiger partial charge on any atom is 0.410 e. The number of hydrogen-bond acceptors (Lipinski definition) is 6. The van der Waals surface area contributed by atoms with Crippen LogP contribution >= 0.6 is 0 Å². The molecule has 8 heteroatoms. The molecule has 1 aromatic heterocycles. The fourth-order valence-electron chi connectivity index (χ4n) is 2.46. The average Bonchev–Trinajstić information content (AvgIpc) is 2.46. The van der Waals surface area contributed by atoms with Gasteiger partial charge in [0.15, 0.2) is 0 Å². The van der Waals surface area contributed by atoms with Gasteiger partial charge in [-0.3, -0.25) is 0 Å². The lowest BCUT2D eigenvalue weighted by atomic mass is 10.1. The quantitative estimate of drug-likeness (QED) is 0.679. The molecule has 1 atom stereocenters. The summed E-state index contributed by atoms with van der Waals surface area (Å²) in [6.07, 6.45) is 2.66. The summed E-state index contributed by atoms with van der Waals surface area (Å²) in [7, 11) is 0. The fraction of sp³-hybridized carbons (Fsp3) is 0.600. The summed E-state index contributed by atoms with van der Waals surface area (Å²) in [4.78, 5) is 28.0. The van der Waals surface area contributed by atoms with Crippen LogP contribution < -0.4 is 5.32 Å². The highest BCUT2D eigenvalue weighted by Crippen LogP contribution is 2.24. The van der Waals surface area contributed by atoms with Crippen LogP contribution in [0.2, 0.25) is 0 Å². The highest BCUT2D eigenvalue weighted by molar-refractivity contribution is 5.68. The van der Waals surface area contributed by atoms with Gasteiger partial charge in [-0.1, -0.05) is 0 Å². The van der Waals surface area contributed by atoms with Gasteiger partial charge in [-0.05, 0) is 55.7 Å². The smallest absolute Gasteiger partial charge is 0.410 e. The molecular weight excluding hydrogens is 300 g/mol. The lowest BCUT2D eigenvalue weighted by molar-refractivity contribution is -0.388. The molecule has 8 nitrogen and oxygen atoms in total. The van der Waals surface area contributed by atoms with Gasteiger partial charge in [0.05, 0.1) is 0 Å². The predicted octanol–water partition coefficient (Wildman–Crippen LogP) is 2.80. The van der Waals surface area contributed by atoms with Gasteiger partial charge in [-0.25, -0.2) is 4.79 Å². The zero-order chi connectivity index (χ0) is 17.0. The Morgan fingerprint density at radius 3 is 2.91 bits per heavy atom. The summed E-state index contributed by atoms with van der Waals surface area (Å²) < 4.78 is 5.38. The van der Waals surface area contributed by atoms with Crippen LogP contribution in [0.3, 0.4) is 0 Å². The minimum Gasteiger partial charge on any atom is -0.444 e. The van der Waals surface area contributed by atoms with E-state index in [1.807, 2.05) is 20.8 Å². The zero-order valence-electron chi connectivity index (χ0n) is 13.6. The maximum absolute atomic E-state index is 12.1. The first-order valence-electron chi connectivity index (χ1n) is 7.60. The van der Waals surface area contributed by atoms with E-state index in [-0.39, 0.29) is 18.0 Å². The van der Waals surface area contributed by atoms with Crippen LogP contribution in [0.4, 0.5) is 16.3 Å². The first-order chi connectivity index (χ1) is 10.8. The lowest BCUT2D eigenvalue weighted by Crippen LogP contribution is -2.47.